The predicted octanol–water partition coefficient (Wildman–Crippen LogP) is 4.13. The van der Waals surface area contributed by atoms with Gasteiger partial charge in [0.2, 0.25) is 0 Å². The van der Waals surface area contributed by atoms with Gasteiger partial charge in [-0.2, -0.15) is 0 Å². The van der Waals surface area contributed by atoms with Crippen molar-refractivity contribution < 1.29 is 19.0 Å². The third-order valence-electron chi connectivity index (χ3n) is 4.53. The molecule has 2 aromatic rings. The van der Waals surface area contributed by atoms with Gasteiger partial charge in [0.15, 0.2) is 23.4 Å². The maximum atomic E-state index is 12.7. The second-order valence-electron chi connectivity index (χ2n) is 6.30. The van der Waals surface area contributed by atoms with E-state index in [1.165, 1.54) is 0 Å². The zero-order chi connectivity index (χ0) is 19.4. The van der Waals surface area contributed by atoms with E-state index < -0.39 is 6.10 Å². The molecule has 0 unspecified atom stereocenters. The van der Waals surface area contributed by atoms with Gasteiger partial charge in [-0.05, 0) is 55.3 Å². The number of aliphatic imine (C=N–C) groups is 1. The number of carbonyl (C=O) groups excluding carboxylic acids is 1. The topological polar surface area (TPSA) is 57.1 Å². The third kappa shape index (κ3) is 4.42. The van der Waals surface area contributed by atoms with Gasteiger partial charge in [0, 0.05) is 22.8 Å². The Morgan fingerprint density at radius 3 is 2.48 bits per heavy atom. The van der Waals surface area contributed by atoms with E-state index in [2.05, 4.69) is 4.99 Å². The molecule has 0 saturated heterocycles. The van der Waals surface area contributed by atoms with Gasteiger partial charge in [0.05, 0.1) is 20.6 Å². The van der Waals surface area contributed by atoms with Crippen molar-refractivity contribution in [3.05, 3.63) is 52.5 Å². The van der Waals surface area contributed by atoms with Gasteiger partial charge in [-0.1, -0.05) is 11.6 Å². The fourth-order valence-electron chi connectivity index (χ4n) is 3.04. The number of ether oxygens (including phenoxy) is 3. The number of ketones is 1. The molecule has 3 rings (SSSR count). The smallest absolute Gasteiger partial charge is 0.178 e. The first-order chi connectivity index (χ1) is 13.0. The average molecular weight is 388 g/mol. The van der Waals surface area contributed by atoms with Gasteiger partial charge < -0.3 is 14.2 Å². The van der Waals surface area contributed by atoms with E-state index >= 15 is 0 Å². The number of hydrogen-bond donors (Lipinski definition) is 0. The minimum absolute atomic E-state index is 0.0358. The van der Waals surface area contributed by atoms with E-state index in [1.54, 1.807) is 45.4 Å². The summed E-state index contributed by atoms with van der Waals surface area (Å²) in [5, 5.41) is 0.624. The fourth-order valence-corrected chi connectivity index (χ4v) is 3.16. The molecular formula is C21H22ClNO4. The van der Waals surface area contributed by atoms with Crippen molar-refractivity contribution in [3.8, 4) is 17.2 Å². The van der Waals surface area contributed by atoms with E-state index in [0.717, 1.165) is 23.3 Å². The number of carbonyl (C=O) groups is 1. The van der Waals surface area contributed by atoms with Crippen LogP contribution in [0, 0.1) is 0 Å². The van der Waals surface area contributed by atoms with Crippen LogP contribution < -0.4 is 14.2 Å². The Kier molecular flexibility index (Phi) is 6.01. The first-order valence-electron chi connectivity index (χ1n) is 8.75. The maximum Gasteiger partial charge on any atom is 0.178 e. The van der Waals surface area contributed by atoms with Crippen LogP contribution in [0.25, 0.3) is 0 Å². The van der Waals surface area contributed by atoms with Crippen LogP contribution in [0.15, 0.2) is 41.4 Å². The van der Waals surface area contributed by atoms with E-state index in [9.17, 15) is 4.79 Å². The number of hydrogen-bond acceptors (Lipinski definition) is 5. The summed E-state index contributed by atoms with van der Waals surface area (Å²) in [4.78, 5) is 17.3. The summed E-state index contributed by atoms with van der Waals surface area (Å²) in [5.74, 6) is 1.89. The van der Waals surface area contributed by atoms with Crippen LogP contribution in [0.2, 0.25) is 5.02 Å². The van der Waals surface area contributed by atoms with Crippen LogP contribution in [0.1, 0.15) is 24.5 Å². The summed E-state index contributed by atoms with van der Waals surface area (Å²) < 4.78 is 16.5. The van der Waals surface area contributed by atoms with Crippen LogP contribution in [0.4, 0.5) is 0 Å². The lowest BCUT2D eigenvalue weighted by molar-refractivity contribution is -0.123. The van der Waals surface area contributed by atoms with Gasteiger partial charge in [0.1, 0.15) is 5.75 Å². The van der Waals surface area contributed by atoms with Crippen molar-refractivity contribution in [2.75, 3.05) is 20.8 Å². The molecule has 0 fully saturated rings. The molecule has 5 nitrogen and oxygen atoms in total. The highest BCUT2D eigenvalue weighted by Gasteiger charge is 2.23. The lowest BCUT2D eigenvalue weighted by atomic mass is 9.93. The molecule has 0 saturated carbocycles. The van der Waals surface area contributed by atoms with E-state index in [-0.39, 0.29) is 12.2 Å². The molecule has 0 N–H and O–H groups in total. The molecule has 0 aromatic heterocycles. The molecular weight excluding hydrogens is 366 g/mol. The lowest BCUT2D eigenvalue weighted by Gasteiger charge is -2.20. The highest BCUT2D eigenvalue weighted by molar-refractivity contribution is 6.30. The molecule has 0 bridgehead atoms. The summed E-state index contributed by atoms with van der Waals surface area (Å²) in [5.41, 5.74) is 2.80. The molecule has 142 valence electrons. The number of rotatable bonds is 7. The van der Waals surface area contributed by atoms with Gasteiger partial charge in [0.25, 0.3) is 0 Å². The molecule has 2 aromatic carbocycles. The van der Waals surface area contributed by atoms with Crippen molar-refractivity contribution in [3.63, 3.8) is 0 Å². The molecule has 1 heterocycles. The molecule has 6 heteroatoms. The zero-order valence-electron chi connectivity index (χ0n) is 15.6. The predicted molar refractivity (Wildman–Crippen MR) is 106 cm³/mol. The van der Waals surface area contributed by atoms with Crippen molar-refractivity contribution in [2.24, 2.45) is 4.99 Å². The first kappa shape index (κ1) is 19.2. The second-order valence-corrected chi connectivity index (χ2v) is 6.74. The number of benzene rings is 2. The maximum absolute atomic E-state index is 12.7. The number of methoxy groups -OCH3 is 2. The van der Waals surface area contributed by atoms with E-state index in [1.807, 2.05) is 12.1 Å². The second kappa shape index (κ2) is 8.44. The number of nitrogens with zero attached hydrogens (tertiary/aromatic N) is 1. The first-order valence-corrected chi connectivity index (χ1v) is 9.13. The standard InChI is InChI=1S/C21H22ClNO4/c1-13(27-16-6-4-15(22)5-7-16)19(24)12-18-17-11-21(26-3)20(25-2)10-14(17)8-9-23-18/h4-7,10-11,13H,8-9,12H2,1-3H3/t13-/m1/s1. The Hall–Kier alpha value is -2.53. The zero-order valence-corrected chi connectivity index (χ0v) is 16.4. The molecule has 27 heavy (non-hydrogen) atoms. The monoisotopic (exact) mass is 387 g/mol. The van der Waals surface area contributed by atoms with Crippen LogP contribution in [-0.4, -0.2) is 38.4 Å². The lowest BCUT2D eigenvalue weighted by Crippen LogP contribution is -2.27. The van der Waals surface area contributed by atoms with Crippen molar-refractivity contribution in [1.29, 1.82) is 0 Å². The Morgan fingerprint density at radius 2 is 1.81 bits per heavy atom. The molecule has 1 aliphatic rings. The minimum Gasteiger partial charge on any atom is -0.493 e. The summed E-state index contributed by atoms with van der Waals surface area (Å²) in [6.45, 7) is 2.40. The molecule has 0 amide bonds. The van der Waals surface area contributed by atoms with Crippen LogP contribution >= 0.6 is 11.6 Å². The van der Waals surface area contributed by atoms with Gasteiger partial charge in [-0.3, -0.25) is 9.79 Å². The van der Waals surface area contributed by atoms with E-state index in [4.69, 9.17) is 25.8 Å². The summed E-state index contributed by atoms with van der Waals surface area (Å²) in [6, 6.07) is 10.8. The fraction of sp³-hybridized carbons (Fsp3) is 0.333. The molecule has 0 aliphatic carbocycles. The Morgan fingerprint density at radius 1 is 1.15 bits per heavy atom. The van der Waals surface area contributed by atoms with Gasteiger partial charge in [-0.25, -0.2) is 0 Å². The summed E-state index contributed by atoms with van der Waals surface area (Å²) in [7, 11) is 3.21. The normalized spacial score (nSPS) is 14.0. The van der Waals surface area contributed by atoms with Crippen LogP contribution in [0.3, 0.4) is 0 Å². The Bertz CT molecular complexity index is 861. The summed E-state index contributed by atoms with van der Waals surface area (Å²) in [6.07, 6.45) is 0.431. The minimum atomic E-state index is -0.584. The molecule has 1 atom stereocenters. The largest absolute Gasteiger partial charge is 0.493 e. The van der Waals surface area contributed by atoms with Gasteiger partial charge in [-0.15, -0.1) is 0 Å². The summed E-state index contributed by atoms with van der Waals surface area (Å²) >= 11 is 5.88. The van der Waals surface area contributed by atoms with Crippen LogP contribution in [-0.2, 0) is 11.2 Å². The molecule has 0 radical (unpaired) electrons. The highest BCUT2D eigenvalue weighted by atomic mass is 35.5. The van der Waals surface area contributed by atoms with Crippen molar-refractivity contribution in [2.45, 2.75) is 25.9 Å². The molecule has 0 spiro atoms. The average Bonchev–Trinajstić information content (AvgIpc) is 2.68. The van der Waals surface area contributed by atoms with E-state index in [0.29, 0.717) is 28.8 Å². The number of Topliss-reactive ketones (excluding diaryl/α,β-unsaturated/α-hetero) is 1. The Labute approximate surface area is 163 Å². The highest BCUT2D eigenvalue weighted by Crippen LogP contribution is 2.33. The molecule has 1 aliphatic heterocycles. The third-order valence-corrected chi connectivity index (χ3v) is 4.78. The van der Waals surface area contributed by atoms with Crippen molar-refractivity contribution >= 4 is 23.1 Å². The van der Waals surface area contributed by atoms with Gasteiger partial charge >= 0.3 is 0 Å². The SMILES string of the molecule is COc1cc2c(cc1OC)C(CC(=O)[C@@H](C)Oc1ccc(Cl)cc1)=NCC2. The van der Waals surface area contributed by atoms with Crippen LogP contribution in [0.5, 0.6) is 17.2 Å². The number of fused-ring (bicyclic) bond motifs is 1. The van der Waals surface area contributed by atoms with Crippen molar-refractivity contribution in [1.82, 2.24) is 0 Å². The number of halogens is 1. The Balaban J connectivity index is 1.75. The quantitative estimate of drug-likeness (QED) is 0.716.